The van der Waals surface area contributed by atoms with Crippen molar-refractivity contribution in [3.63, 3.8) is 0 Å². The number of hydrogen-bond acceptors (Lipinski definition) is 3. The Bertz CT molecular complexity index is 1080. The molecule has 1 aromatic heterocycles. The molecule has 2 N–H and O–H groups in total. The standard InChI is InChI=1S/C30H43N3O2/c1-7-23(19-21-12-14-22(15-13-21)31-29(34)35-30(4,5)6)33-17-16-25-24-10-8-9-11-26(24)32-28(25)27(33)18-20(2)3/h8-11,20-22,27,32H,1,12-19H2,2-6H3,(H,31,34). The van der Waals surface area contributed by atoms with Gasteiger partial charge in [-0.05, 0) is 89.2 Å². The second kappa shape index (κ2) is 10.5. The number of aromatic amines is 1. The molecule has 5 nitrogen and oxygen atoms in total. The van der Waals surface area contributed by atoms with Gasteiger partial charge in [-0.15, -0.1) is 5.73 Å². The number of nitrogens with one attached hydrogen (secondary N) is 2. The fourth-order valence-corrected chi connectivity index (χ4v) is 5.88. The summed E-state index contributed by atoms with van der Waals surface area (Å²) in [5, 5.41) is 4.44. The molecule has 0 bridgehead atoms. The maximum absolute atomic E-state index is 12.2. The summed E-state index contributed by atoms with van der Waals surface area (Å²) >= 11 is 0. The molecule has 1 aromatic carbocycles. The number of allylic oxidation sites excluding steroid dienone is 1. The molecule has 35 heavy (non-hydrogen) atoms. The summed E-state index contributed by atoms with van der Waals surface area (Å²) in [5.74, 6) is 1.19. The van der Waals surface area contributed by atoms with Crippen molar-refractivity contribution in [3.05, 3.63) is 53.5 Å². The predicted octanol–water partition coefficient (Wildman–Crippen LogP) is 7.26. The number of fused-ring (bicyclic) bond motifs is 3. The van der Waals surface area contributed by atoms with E-state index in [1.165, 1.54) is 27.9 Å². The number of benzene rings is 1. The molecule has 1 unspecified atom stereocenters. The SMILES string of the molecule is C=C=C(CC1CCC(NC(=O)OC(C)(C)C)CC1)N1CCc2c([nH]c3ccccc23)C1CC(C)C. The summed E-state index contributed by atoms with van der Waals surface area (Å²) in [6, 6.07) is 9.24. The van der Waals surface area contributed by atoms with Crippen molar-refractivity contribution in [1.82, 2.24) is 15.2 Å². The molecule has 190 valence electrons. The van der Waals surface area contributed by atoms with Crippen molar-refractivity contribution in [1.29, 1.82) is 0 Å². The third-order valence-corrected chi connectivity index (χ3v) is 7.45. The minimum atomic E-state index is -0.462. The Labute approximate surface area is 211 Å². The van der Waals surface area contributed by atoms with E-state index in [1.54, 1.807) is 0 Å². The molecule has 0 saturated heterocycles. The quantitative estimate of drug-likeness (QED) is 0.431. The normalized spacial score (nSPS) is 22.6. The molecular formula is C30H43N3O2. The van der Waals surface area contributed by atoms with Crippen LogP contribution in [0, 0.1) is 11.8 Å². The number of amides is 1. The van der Waals surface area contributed by atoms with E-state index in [1.807, 2.05) is 20.8 Å². The van der Waals surface area contributed by atoms with Crippen molar-refractivity contribution < 1.29 is 9.53 Å². The van der Waals surface area contributed by atoms with Gasteiger partial charge in [0.2, 0.25) is 0 Å². The number of carbonyl (C=O) groups is 1. The zero-order valence-corrected chi connectivity index (χ0v) is 22.2. The van der Waals surface area contributed by atoms with Crippen LogP contribution in [0.2, 0.25) is 0 Å². The highest BCUT2D eigenvalue weighted by atomic mass is 16.6. The lowest BCUT2D eigenvalue weighted by atomic mass is 9.82. The van der Waals surface area contributed by atoms with E-state index in [0.717, 1.165) is 51.5 Å². The average molecular weight is 478 g/mol. The molecule has 1 fully saturated rings. The van der Waals surface area contributed by atoms with Crippen molar-refractivity contribution >= 4 is 17.0 Å². The molecule has 2 heterocycles. The number of aromatic nitrogens is 1. The molecule has 1 aliphatic heterocycles. The highest BCUT2D eigenvalue weighted by Crippen LogP contribution is 2.41. The third-order valence-electron chi connectivity index (χ3n) is 7.45. The summed E-state index contributed by atoms with van der Waals surface area (Å²) in [4.78, 5) is 18.5. The predicted molar refractivity (Wildman–Crippen MR) is 143 cm³/mol. The number of nitrogens with zero attached hydrogens (tertiary/aromatic N) is 1. The van der Waals surface area contributed by atoms with Crippen molar-refractivity contribution in [3.8, 4) is 0 Å². The number of para-hydroxylation sites is 1. The lowest BCUT2D eigenvalue weighted by molar-refractivity contribution is 0.0486. The first kappa shape index (κ1) is 25.4. The molecule has 1 aliphatic carbocycles. The van der Waals surface area contributed by atoms with Crippen LogP contribution in [-0.4, -0.2) is 34.2 Å². The highest BCUT2D eigenvalue weighted by molar-refractivity contribution is 5.85. The summed E-state index contributed by atoms with van der Waals surface area (Å²) < 4.78 is 5.44. The van der Waals surface area contributed by atoms with Crippen LogP contribution in [0.5, 0.6) is 0 Å². The Balaban J connectivity index is 1.42. The van der Waals surface area contributed by atoms with Crippen LogP contribution < -0.4 is 5.32 Å². The Morgan fingerprint density at radius 3 is 2.60 bits per heavy atom. The third kappa shape index (κ3) is 6.13. The van der Waals surface area contributed by atoms with Gasteiger partial charge in [0, 0.05) is 29.2 Å². The summed E-state index contributed by atoms with van der Waals surface area (Å²) in [6.07, 6.45) is 7.06. The van der Waals surface area contributed by atoms with Crippen molar-refractivity contribution in [2.45, 2.75) is 97.2 Å². The number of rotatable bonds is 6. The van der Waals surface area contributed by atoms with Gasteiger partial charge in [-0.3, -0.25) is 0 Å². The van der Waals surface area contributed by atoms with Crippen molar-refractivity contribution in [2.24, 2.45) is 11.8 Å². The minimum absolute atomic E-state index is 0.204. The molecule has 2 aromatic rings. The molecule has 0 radical (unpaired) electrons. The van der Waals surface area contributed by atoms with E-state index >= 15 is 0 Å². The van der Waals surface area contributed by atoms with Gasteiger partial charge in [-0.25, -0.2) is 4.79 Å². The fourth-order valence-electron chi connectivity index (χ4n) is 5.88. The van der Waals surface area contributed by atoms with E-state index in [0.29, 0.717) is 17.9 Å². The van der Waals surface area contributed by atoms with Crippen LogP contribution in [0.25, 0.3) is 10.9 Å². The van der Waals surface area contributed by atoms with Gasteiger partial charge >= 0.3 is 6.09 Å². The second-order valence-electron chi connectivity index (χ2n) is 11.8. The molecule has 4 rings (SSSR count). The molecular weight excluding hydrogens is 434 g/mol. The number of carbonyl (C=O) groups excluding carboxylic acids is 1. The zero-order chi connectivity index (χ0) is 25.2. The van der Waals surface area contributed by atoms with Gasteiger partial charge in [0.05, 0.1) is 11.7 Å². The summed E-state index contributed by atoms with van der Waals surface area (Å²) in [5.41, 5.74) is 8.24. The molecule has 0 spiro atoms. The number of H-pyrrole nitrogens is 1. The van der Waals surface area contributed by atoms with Crippen LogP contribution in [0.3, 0.4) is 0 Å². The number of alkyl carbamates (subject to hydrolysis) is 1. The molecule has 2 aliphatic rings. The van der Waals surface area contributed by atoms with E-state index in [-0.39, 0.29) is 12.1 Å². The largest absolute Gasteiger partial charge is 0.444 e. The van der Waals surface area contributed by atoms with E-state index in [9.17, 15) is 4.79 Å². The van der Waals surface area contributed by atoms with Gasteiger partial charge in [0.15, 0.2) is 0 Å². The number of hydrogen-bond donors (Lipinski definition) is 2. The summed E-state index contributed by atoms with van der Waals surface area (Å²) in [6.45, 7) is 15.5. The van der Waals surface area contributed by atoms with Gasteiger partial charge < -0.3 is 19.9 Å². The summed E-state index contributed by atoms with van der Waals surface area (Å²) in [7, 11) is 0. The lowest BCUT2D eigenvalue weighted by Crippen LogP contribution is -2.41. The maximum Gasteiger partial charge on any atom is 0.407 e. The highest BCUT2D eigenvalue weighted by Gasteiger charge is 2.33. The van der Waals surface area contributed by atoms with Crippen LogP contribution in [-0.2, 0) is 11.2 Å². The van der Waals surface area contributed by atoms with Crippen LogP contribution in [0.15, 0.2) is 42.3 Å². The zero-order valence-electron chi connectivity index (χ0n) is 22.2. The lowest BCUT2D eigenvalue weighted by Gasteiger charge is -2.40. The first-order chi connectivity index (χ1) is 16.6. The second-order valence-corrected chi connectivity index (χ2v) is 11.8. The Hall–Kier alpha value is -2.65. The molecule has 1 saturated carbocycles. The van der Waals surface area contributed by atoms with Crippen LogP contribution >= 0.6 is 0 Å². The van der Waals surface area contributed by atoms with E-state index in [4.69, 9.17) is 4.74 Å². The van der Waals surface area contributed by atoms with Crippen LogP contribution in [0.4, 0.5) is 4.79 Å². The average Bonchev–Trinajstić information content (AvgIpc) is 3.17. The van der Waals surface area contributed by atoms with Gasteiger partial charge in [0.25, 0.3) is 0 Å². The Kier molecular flexibility index (Phi) is 7.66. The smallest absolute Gasteiger partial charge is 0.407 e. The first-order valence-electron chi connectivity index (χ1n) is 13.4. The Morgan fingerprint density at radius 1 is 1.23 bits per heavy atom. The van der Waals surface area contributed by atoms with Crippen LogP contribution in [0.1, 0.15) is 90.4 Å². The Morgan fingerprint density at radius 2 is 1.94 bits per heavy atom. The number of ether oxygens (including phenoxy) is 1. The van der Waals surface area contributed by atoms with Gasteiger partial charge in [0.1, 0.15) is 5.60 Å². The minimum Gasteiger partial charge on any atom is -0.444 e. The van der Waals surface area contributed by atoms with Crippen molar-refractivity contribution in [2.75, 3.05) is 6.54 Å². The van der Waals surface area contributed by atoms with E-state index < -0.39 is 5.60 Å². The fraction of sp³-hybridized carbons (Fsp3) is 0.600. The van der Waals surface area contributed by atoms with Gasteiger partial charge in [-0.2, -0.15) is 0 Å². The monoisotopic (exact) mass is 477 g/mol. The van der Waals surface area contributed by atoms with Gasteiger partial charge in [-0.1, -0.05) is 38.6 Å². The maximum atomic E-state index is 12.2. The molecule has 1 atom stereocenters. The molecule has 1 amide bonds. The van der Waals surface area contributed by atoms with E-state index in [2.05, 4.69) is 65.6 Å². The molecule has 5 heteroatoms. The first-order valence-corrected chi connectivity index (χ1v) is 13.4. The topological polar surface area (TPSA) is 57.4 Å².